The number of nitrogens with zero attached hydrogens (tertiary/aromatic N) is 1. The lowest BCUT2D eigenvalue weighted by Gasteiger charge is -2.22. The van der Waals surface area contributed by atoms with E-state index < -0.39 is 5.97 Å². The van der Waals surface area contributed by atoms with Gasteiger partial charge in [-0.05, 0) is 41.8 Å². The van der Waals surface area contributed by atoms with Crippen molar-refractivity contribution in [3.63, 3.8) is 0 Å². The van der Waals surface area contributed by atoms with Crippen molar-refractivity contribution in [2.24, 2.45) is 0 Å². The molecule has 6 nitrogen and oxygen atoms in total. The average molecular weight is 389 g/mol. The van der Waals surface area contributed by atoms with Crippen LogP contribution in [0.5, 0.6) is 11.5 Å². The Bertz CT molecular complexity index is 785. The Morgan fingerprint density at radius 1 is 0.929 bits per heavy atom. The molecule has 0 saturated heterocycles. The minimum Gasteiger partial charge on any atom is -0.497 e. The third-order valence-electron chi connectivity index (χ3n) is 4.23. The van der Waals surface area contributed by atoms with Gasteiger partial charge in [-0.3, -0.25) is 9.59 Å². The van der Waals surface area contributed by atoms with E-state index in [1.54, 1.807) is 44.6 Å². The van der Waals surface area contributed by atoms with Gasteiger partial charge in [0.25, 0.3) is 0 Å². The molecule has 0 aliphatic rings. The van der Waals surface area contributed by atoms with Crippen molar-refractivity contribution < 1.29 is 28.2 Å². The first-order valence-electron chi connectivity index (χ1n) is 8.76. The molecule has 0 heterocycles. The maximum Gasteiger partial charge on any atom is 0.325 e. The van der Waals surface area contributed by atoms with Crippen LogP contribution in [0.1, 0.15) is 17.5 Å². The second-order valence-electron chi connectivity index (χ2n) is 6.17. The number of esters is 1. The third kappa shape index (κ3) is 6.26. The quantitative estimate of drug-likeness (QED) is 0.617. The highest BCUT2D eigenvalue weighted by atomic mass is 19.1. The van der Waals surface area contributed by atoms with Crippen molar-refractivity contribution >= 4 is 11.9 Å². The molecule has 0 aromatic heterocycles. The number of aryl methyl sites for hydroxylation is 1. The predicted octanol–water partition coefficient (Wildman–Crippen LogP) is 2.98. The van der Waals surface area contributed by atoms with Crippen LogP contribution in [0.25, 0.3) is 0 Å². The summed E-state index contributed by atoms with van der Waals surface area (Å²) in [5, 5.41) is 0. The first kappa shape index (κ1) is 21.2. The summed E-state index contributed by atoms with van der Waals surface area (Å²) in [4.78, 5) is 25.9. The fourth-order valence-electron chi connectivity index (χ4n) is 2.69. The number of ether oxygens (including phenoxy) is 3. The number of carbonyl (C=O) groups excluding carboxylic acids is 2. The largest absolute Gasteiger partial charge is 0.497 e. The summed E-state index contributed by atoms with van der Waals surface area (Å²) in [6.07, 6.45) is 0.627. The molecule has 2 rings (SSSR count). The van der Waals surface area contributed by atoms with Crippen LogP contribution in [-0.4, -0.2) is 44.7 Å². The van der Waals surface area contributed by atoms with Crippen LogP contribution >= 0.6 is 0 Å². The van der Waals surface area contributed by atoms with Gasteiger partial charge in [0, 0.05) is 19.0 Å². The van der Waals surface area contributed by atoms with E-state index in [9.17, 15) is 14.0 Å². The summed E-state index contributed by atoms with van der Waals surface area (Å²) in [7, 11) is 4.36. The van der Waals surface area contributed by atoms with Crippen LogP contribution in [0.15, 0.2) is 42.5 Å². The fraction of sp³-hybridized carbons (Fsp3) is 0.333. The zero-order valence-corrected chi connectivity index (χ0v) is 16.2. The van der Waals surface area contributed by atoms with Crippen LogP contribution in [0, 0.1) is 5.82 Å². The molecule has 0 N–H and O–H groups in total. The number of hydrogen-bond acceptors (Lipinski definition) is 5. The van der Waals surface area contributed by atoms with E-state index in [0.717, 1.165) is 11.1 Å². The summed E-state index contributed by atoms with van der Waals surface area (Å²) in [5.41, 5.74) is 1.60. The second-order valence-corrected chi connectivity index (χ2v) is 6.17. The monoisotopic (exact) mass is 389 g/mol. The molecule has 0 aliphatic heterocycles. The van der Waals surface area contributed by atoms with E-state index in [1.165, 1.54) is 24.1 Å². The van der Waals surface area contributed by atoms with Crippen LogP contribution in [0.3, 0.4) is 0 Å². The molecule has 2 aromatic carbocycles. The van der Waals surface area contributed by atoms with E-state index >= 15 is 0 Å². The number of carbonyl (C=O) groups is 2. The van der Waals surface area contributed by atoms with Gasteiger partial charge < -0.3 is 19.1 Å². The van der Waals surface area contributed by atoms with Crippen molar-refractivity contribution in [3.05, 3.63) is 59.4 Å². The molecule has 0 fully saturated rings. The fourth-order valence-corrected chi connectivity index (χ4v) is 2.69. The topological polar surface area (TPSA) is 65.1 Å². The molecule has 0 bridgehead atoms. The number of amides is 1. The molecule has 2 aromatic rings. The van der Waals surface area contributed by atoms with Gasteiger partial charge in [-0.2, -0.15) is 0 Å². The molecule has 1 amide bonds. The van der Waals surface area contributed by atoms with Gasteiger partial charge in [0.05, 0.1) is 21.3 Å². The first-order chi connectivity index (χ1) is 13.4. The van der Waals surface area contributed by atoms with Gasteiger partial charge in [-0.15, -0.1) is 0 Å². The van der Waals surface area contributed by atoms with Crippen molar-refractivity contribution in [3.8, 4) is 11.5 Å². The molecule has 0 unspecified atom stereocenters. The number of hydrogen-bond donors (Lipinski definition) is 0. The summed E-state index contributed by atoms with van der Waals surface area (Å²) < 4.78 is 28.2. The lowest BCUT2D eigenvalue weighted by Crippen LogP contribution is -2.35. The zero-order valence-electron chi connectivity index (χ0n) is 16.2. The minimum atomic E-state index is -0.509. The summed E-state index contributed by atoms with van der Waals surface area (Å²) in [5.74, 6) is 0.133. The molecule has 0 aliphatic carbocycles. The summed E-state index contributed by atoms with van der Waals surface area (Å²) in [6.45, 7) is 0.0309. The van der Waals surface area contributed by atoms with Crippen LogP contribution in [0.2, 0.25) is 0 Å². The highest BCUT2D eigenvalue weighted by Gasteiger charge is 2.19. The maximum absolute atomic E-state index is 13.0. The standard InChI is InChI=1S/C21H24FNO5/c1-26-18-10-16(11-19(12-18)27-2)13-23(14-21(25)28-3)20(24)9-6-15-4-7-17(22)8-5-15/h4-5,7-8,10-12H,6,9,13-14H2,1-3H3. The Kier molecular flexibility index (Phi) is 7.80. The molecule has 150 valence electrons. The van der Waals surface area contributed by atoms with Gasteiger partial charge in [0.1, 0.15) is 23.9 Å². The van der Waals surface area contributed by atoms with Crippen molar-refractivity contribution in [1.82, 2.24) is 4.90 Å². The molecular weight excluding hydrogens is 365 g/mol. The van der Waals surface area contributed by atoms with E-state index in [1.807, 2.05) is 0 Å². The lowest BCUT2D eigenvalue weighted by molar-refractivity contribution is -0.147. The normalized spacial score (nSPS) is 10.3. The Hall–Kier alpha value is -3.09. The lowest BCUT2D eigenvalue weighted by atomic mass is 10.1. The Morgan fingerprint density at radius 3 is 2.07 bits per heavy atom. The highest BCUT2D eigenvalue weighted by molar-refractivity contribution is 5.82. The second kappa shape index (κ2) is 10.3. The smallest absolute Gasteiger partial charge is 0.325 e. The van der Waals surface area contributed by atoms with Crippen molar-refractivity contribution in [1.29, 1.82) is 0 Å². The number of halogens is 1. The van der Waals surface area contributed by atoms with Crippen LogP contribution < -0.4 is 9.47 Å². The van der Waals surface area contributed by atoms with E-state index in [0.29, 0.717) is 17.9 Å². The summed E-state index contributed by atoms with van der Waals surface area (Å²) in [6, 6.07) is 11.3. The summed E-state index contributed by atoms with van der Waals surface area (Å²) >= 11 is 0. The van der Waals surface area contributed by atoms with E-state index in [-0.39, 0.29) is 31.2 Å². The number of benzene rings is 2. The third-order valence-corrected chi connectivity index (χ3v) is 4.23. The van der Waals surface area contributed by atoms with Crippen molar-refractivity contribution in [2.75, 3.05) is 27.9 Å². The highest BCUT2D eigenvalue weighted by Crippen LogP contribution is 2.23. The molecule has 7 heteroatoms. The Morgan fingerprint density at radius 2 is 1.54 bits per heavy atom. The maximum atomic E-state index is 13.0. The van der Waals surface area contributed by atoms with Gasteiger partial charge in [-0.1, -0.05) is 12.1 Å². The molecule has 0 saturated carbocycles. The van der Waals surface area contributed by atoms with E-state index in [4.69, 9.17) is 14.2 Å². The minimum absolute atomic E-state index is 0.168. The predicted molar refractivity (Wildman–Crippen MR) is 102 cm³/mol. The van der Waals surface area contributed by atoms with Crippen LogP contribution in [0.4, 0.5) is 4.39 Å². The van der Waals surface area contributed by atoms with Gasteiger partial charge in [-0.25, -0.2) is 4.39 Å². The molecule has 0 spiro atoms. The van der Waals surface area contributed by atoms with Crippen molar-refractivity contribution in [2.45, 2.75) is 19.4 Å². The Labute approximate surface area is 163 Å². The number of rotatable bonds is 9. The zero-order chi connectivity index (χ0) is 20.5. The molecular formula is C21H24FNO5. The van der Waals surface area contributed by atoms with Crippen LogP contribution in [-0.2, 0) is 27.3 Å². The number of methoxy groups -OCH3 is 3. The molecule has 28 heavy (non-hydrogen) atoms. The first-order valence-corrected chi connectivity index (χ1v) is 8.76. The SMILES string of the molecule is COC(=O)CN(Cc1cc(OC)cc(OC)c1)C(=O)CCc1ccc(F)cc1. The van der Waals surface area contributed by atoms with Gasteiger partial charge in [0.15, 0.2) is 0 Å². The van der Waals surface area contributed by atoms with Gasteiger partial charge in [0.2, 0.25) is 5.91 Å². The Balaban J connectivity index is 2.13. The molecule has 0 atom stereocenters. The average Bonchev–Trinajstić information content (AvgIpc) is 2.72. The van der Waals surface area contributed by atoms with E-state index in [2.05, 4.69) is 0 Å². The van der Waals surface area contributed by atoms with Gasteiger partial charge >= 0.3 is 5.97 Å². The molecule has 0 radical (unpaired) electrons.